The van der Waals surface area contributed by atoms with Crippen LogP contribution in [0.3, 0.4) is 0 Å². The van der Waals surface area contributed by atoms with E-state index in [1.165, 1.54) is 6.20 Å². The summed E-state index contributed by atoms with van der Waals surface area (Å²) in [5, 5.41) is 47.5. The predicted octanol–water partition coefficient (Wildman–Crippen LogP) is 3.42. The maximum atomic E-state index is 13.9. The number of fused-ring (bicyclic) bond motifs is 1. The molecule has 0 saturated carbocycles. The molecule has 3 saturated heterocycles. The molecule has 3 fully saturated rings. The number of halogens is 3. The summed E-state index contributed by atoms with van der Waals surface area (Å²) in [7, 11) is 0. The average molecular weight is 1390 g/mol. The zero-order valence-corrected chi connectivity index (χ0v) is 53.8. The lowest BCUT2D eigenvalue weighted by Crippen LogP contribution is -2.52. The lowest BCUT2D eigenvalue weighted by atomic mass is 10.0. The highest BCUT2D eigenvalue weighted by Crippen LogP contribution is 2.33. The number of carboxylic acid groups (broad SMARTS) is 3. The summed E-state index contributed by atoms with van der Waals surface area (Å²) in [6.45, 7) is 4.15. The van der Waals surface area contributed by atoms with E-state index in [1.54, 1.807) is 49.9 Å². The Morgan fingerprint density at radius 3 is 1.86 bits per heavy atom. The van der Waals surface area contributed by atoms with Crippen molar-refractivity contribution in [1.82, 2.24) is 55.2 Å². The molecule has 0 spiro atoms. The highest BCUT2D eigenvalue weighted by atomic mass is 127. The summed E-state index contributed by atoms with van der Waals surface area (Å²) in [6.07, 6.45) is 6.29. The van der Waals surface area contributed by atoms with Gasteiger partial charge in [-0.2, -0.15) is 5.26 Å². The number of aromatic nitrogens is 1. The van der Waals surface area contributed by atoms with Crippen LogP contribution in [0.1, 0.15) is 99.4 Å². The van der Waals surface area contributed by atoms with E-state index in [9.17, 15) is 72.5 Å². The fourth-order valence-electron chi connectivity index (χ4n) is 11.3. The Balaban J connectivity index is 0.920. The number of pyridine rings is 1. The average Bonchev–Trinajstić information content (AvgIpc) is 1.84. The van der Waals surface area contributed by atoms with Gasteiger partial charge < -0.3 is 45.8 Å². The number of carbonyl (C=O) groups excluding carboxylic acids is 6. The number of carbonyl (C=O) groups is 9. The first-order valence-corrected chi connectivity index (χ1v) is 32.5. The van der Waals surface area contributed by atoms with Crippen LogP contribution in [0.15, 0.2) is 54.7 Å². The molecule has 4 heterocycles. The number of alkyl halides is 2. The monoisotopic (exact) mass is 1380 g/mol. The summed E-state index contributed by atoms with van der Waals surface area (Å²) >= 11 is 2.25. The molecule has 1 aromatic heterocycles. The van der Waals surface area contributed by atoms with Crippen LogP contribution in [-0.2, 0) is 44.8 Å². The third kappa shape index (κ3) is 26.6. The van der Waals surface area contributed by atoms with Gasteiger partial charge in [0.15, 0.2) is 5.78 Å². The van der Waals surface area contributed by atoms with Crippen molar-refractivity contribution in [1.29, 1.82) is 5.26 Å². The number of unbranched alkanes of at least 4 members (excludes halogenated alkanes) is 3. The molecule has 0 aliphatic carbocycles. The number of nitriles is 1. The third-order valence-corrected chi connectivity index (χ3v) is 17.1. The van der Waals surface area contributed by atoms with E-state index in [0.29, 0.717) is 126 Å². The number of hydrogen-bond acceptors (Lipinski definition) is 17. The summed E-state index contributed by atoms with van der Waals surface area (Å²) in [5.41, 5.74) is 2.02. The van der Waals surface area contributed by atoms with Crippen LogP contribution in [0.5, 0.6) is 5.75 Å². The second-order valence-corrected chi connectivity index (χ2v) is 24.7. The molecule has 3 aliphatic heterocycles. The standard InChI is InChI=1S/C63H87F2IN12O13/c64-63(65)39-48(40-67)78(45-63)58(83)19-18-54(79)50-20-23-68-52-17-16-49(38-51(50)52)91-37-7-24-72-33-35-77(36-34-72)57(82)11-2-1-4-22-70-62(90)53(9-3-5-21-69-55(80)10-6-8-46-12-14-47(66)15-13-46)71-56(81)41-73-25-27-74(42-59(84)85)29-31-76(44-61(88)89)32-30-75(28-26-73)43-60(86)87/h12-17,20,23,38,48,53H,1-11,18-19,21-22,24-37,39,41-45H2,(H,69,80)(H,70,90)(H,71,81)(H,84,85)(H,86,87)(H,88,89)/t48-,53?/m1/s1. The minimum Gasteiger partial charge on any atom is -0.494 e. The zero-order chi connectivity index (χ0) is 65.7. The van der Waals surface area contributed by atoms with E-state index in [4.69, 9.17) is 4.74 Å². The number of likely N-dealkylation sites (tertiary alicyclic amines) is 1. The van der Waals surface area contributed by atoms with Crippen LogP contribution in [0.2, 0.25) is 0 Å². The highest BCUT2D eigenvalue weighted by Gasteiger charge is 2.47. The molecule has 91 heavy (non-hydrogen) atoms. The summed E-state index contributed by atoms with van der Waals surface area (Å²) in [5.74, 6) is -7.75. The van der Waals surface area contributed by atoms with Gasteiger partial charge in [0.25, 0.3) is 5.92 Å². The van der Waals surface area contributed by atoms with Crippen molar-refractivity contribution in [2.45, 2.75) is 108 Å². The molecule has 1 unspecified atom stereocenters. The van der Waals surface area contributed by atoms with Gasteiger partial charge in [-0.1, -0.05) is 18.6 Å². The largest absolute Gasteiger partial charge is 0.494 e. The molecule has 28 heteroatoms. The summed E-state index contributed by atoms with van der Waals surface area (Å²) in [6, 6.07) is 14.5. The van der Waals surface area contributed by atoms with E-state index in [2.05, 4.69) is 60.6 Å². The number of piperazine rings is 1. The summed E-state index contributed by atoms with van der Waals surface area (Å²) < 4.78 is 35.0. The highest BCUT2D eigenvalue weighted by molar-refractivity contribution is 14.1. The van der Waals surface area contributed by atoms with Gasteiger partial charge >= 0.3 is 17.9 Å². The first-order valence-electron chi connectivity index (χ1n) is 31.4. The Hall–Kier alpha value is -7.04. The van der Waals surface area contributed by atoms with Crippen molar-refractivity contribution in [3.8, 4) is 11.8 Å². The Labute approximate surface area is 543 Å². The van der Waals surface area contributed by atoms with Crippen molar-refractivity contribution in [3.05, 3.63) is 69.4 Å². The fraction of sp³-hybridized carbons (Fsp3) is 0.603. The minimum atomic E-state index is -3.15. The predicted molar refractivity (Wildman–Crippen MR) is 340 cm³/mol. The van der Waals surface area contributed by atoms with Gasteiger partial charge in [-0.05, 0) is 116 Å². The molecule has 25 nitrogen and oxygen atoms in total. The third-order valence-electron chi connectivity index (χ3n) is 16.3. The molecular weight excluding hydrogens is 1300 g/mol. The molecule has 2 aromatic carbocycles. The number of carboxylic acids is 3. The Kier molecular flexibility index (Phi) is 30.6. The zero-order valence-electron chi connectivity index (χ0n) is 51.7. The molecular formula is C63H87F2IN12O13. The van der Waals surface area contributed by atoms with Gasteiger partial charge in [0, 0.05) is 151 Å². The Morgan fingerprint density at radius 1 is 0.648 bits per heavy atom. The van der Waals surface area contributed by atoms with E-state index >= 15 is 0 Å². The lowest BCUT2D eigenvalue weighted by molar-refractivity contribution is -0.140. The number of amides is 5. The van der Waals surface area contributed by atoms with Crippen LogP contribution in [0, 0.1) is 14.9 Å². The van der Waals surface area contributed by atoms with Gasteiger partial charge in [0.1, 0.15) is 17.8 Å². The number of nitrogens with one attached hydrogen (secondary N) is 3. The Bertz CT molecular complexity index is 2940. The van der Waals surface area contributed by atoms with E-state index in [1.807, 2.05) is 17.0 Å². The molecule has 498 valence electrons. The Morgan fingerprint density at radius 2 is 1.24 bits per heavy atom. The molecule has 0 bridgehead atoms. The summed E-state index contributed by atoms with van der Waals surface area (Å²) in [4.78, 5) is 131. The topological polar surface area (TPSA) is 319 Å². The first-order chi connectivity index (χ1) is 43.6. The number of benzene rings is 2. The van der Waals surface area contributed by atoms with Crippen molar-refractivity contribution >= 4 is 86.7 Å². The van der Waals surface area contributed by atoms with Gasteiger partial charge in [-0.3, -0.25) is 72.6 Å². The van der Waals surface area contributed by atoms with Crippen LogP contribution in [0.25, 0.3) is 10.9 Å². The number of aliphatic carboxylic acids is 3. The number of aryl methyl sites for hydroxylation is 1. The molecule has 6 N–H and O–H groups in total. The number of ketones is 1. The van der Waals surface area contributed by atoms with Crippen molar-refractivity contribution in [3.63, 3.8) is 0 Å². The van der Waals surface area contributed by atoms with Gasteiger partial charge in [0.05, 0.1) is 50.9 Å². The van der Waals surface area contributed by atoms with Crippen molar-refractivity contribution in [2.75, 3.05) is 138 Å². The fourth-order valence-corrected chi connectivity index (χ4v) is 11.7. The SMILES string of the molecule is N#C[C@H]1CC(F)(F)CN1C(=O)CCC(=O)c1ccnc2ccc(OCCCN3CCN(C(=O)CCCCCNC(=O)C(CCCCNC(=O)CCCc4ccc(I)cc4)NC(=O)CN4CCN(CC(=O)O)CCN(CC(=O)O)CCN(CC(=O)O)CC4)CC3)cc12. The van der Waals surface area contributed by atoms with E-state index < -0.39 is 60.7 Å². The van der Waals surface area contributed by atoms with Gasteiger partial charge in [-0.25, -0.2) is 8.78 Å². The van der Waals surface area contributed by atoms with Gasteiger partial charge in [0.2, 0.25) is 29.5 Å². The molecule has 3 aliphatic rings. The van der Waals surface area contributed by atoms with Crippen LogP contribution >= 0.6 is 22.6 Å². The van der Waals surface area contributed by atoms with Crippen molar-refractivity contribution in [2.24, 2.45) is 0 Å². The number of rotatable bonds is 34. The van der Waals surface area contributed by atoms with Crippen LogP contribution in [-0.4, -0.2) is 263 Å². The molecule has 6 rings (SSSR count). The lowest BCUT2D eigenvalue weighted by Gasteiger charge is -2.34. The van der Waals surface area contributed by atoms with E-state index in [-0.39, 0.29) is 121 Å². The molecule has 2 atom stereocenters. The van der Waals surface area contributed by atoms with E-state index in [0.717, 1.165) is 27.0 Å². The normalized spacial score (nSPS) is 17.7. The maximum absolute atomic E-state index is 13.9. The molecule has 3 aromatic rings. The smallest absolute Gasteiger partial charge is 0.317 e. The van der Waals surface area contributed by atoms with Crippen molar-refractivity contribution < 1.29 is 72.0 Å². The quantitative estimate of drug-likeness (QED) is 0.0283. The second-order valence-electron chi connectivity index (χ2n) is 23.4. The van der Waals surface area contributed by atoms with Crippen LogP contribution < -0.4 is 20.7 Å². The van der Waals surface area contributed by atoms with Crippen LogP contribution in [0.4, 0.5) is 8.78 Å². The number of nitrogens with zero attached hydrogens (tertiary/aromatic N) is 9. The molecule has 0 radical (unpaired) electrons. The number of Topliss-reactive ketones (excluding diaryl/α,β-unsaturated/α-hetero) is 1. The minimum absolute atomic E-state index is 0.0518. The number of ether oxygens (including phenoxy) is 1. The first kappa shape index (κ1) is 73.0. The maximum Gasteiger partial charge on any atom is 0.317 e. The van der Waals surface area contributed by atoms with Gasteiger partial charge in [-0.15, -0.1) is 0 Å². The number of hydrogen-bond donors (Lipinski definition) is 6. The second kappa shape index (κ2) is 38.1. The molecule has 5 amide bonds.